The van der Waals surface area contributed by atoms with E-state index in [2.05, 4.69) is 19.2 Å². The van der Waals surface area contributed by atoms with E-state index in [0.717, 1.165) is 17.9 Å². The Labute approximate surface area is 153 Å². The zero-order valence-corrected chi connectivity index (χ0v) is 15.5. The van der Waals surface area contributed by atoms with Crippen molar-refractivity contribution in [3.63, 3.8) is 0 Å². The number of nitrogens with one attached hydrogen (secondary N) is 1. The lowest BCUT2D eigenvalue weighted by Crippen LogP contribution is -2.27. The zero-order valence-electron chi connectivity index (χ0n) is 15.5. The van der Waals surface area contributed by atoms with Crippen molar-refractivity contribution in [1.82, 2.24) is 0 Å². The topological polar surface area (TPSA) is 67.9 Å². The number of para-hydroxylation sites is 2. The molecule has 0 bridgehead atoms. The molecule has 0 aliphatic carbocycles. The molecule has 0 fully saturated rings. The van der Waals surface area contributed by atoms with Gasteiger partial charge < -0.3 is 19.7 Å². The molecule has 26 heavy (non-hydrogen) atoms. The van der Waals surface area contributed by atoms with E-state index in [0.29, 0.717) is 5.92 Å². The molecule has 0 saturated heterocycles. The summed E-state index contributed by atoms with van der Waals surface area (Å²) in [5.41, 5.74) is 1.81. The van der Waals surface area contributed by atoms with Gasteiger partial charge >= 0.3 is 11.9 Å². The number of methoxy groups -OCH3 is 2. The molecular weight excluding hydrogens is 332 g/mol. The summed E-state index contributed by atoms with van der Waals surface area (Å²) in [4.78, 5) is 26.4. The second kappa shape index (κ2) is 8.89. The quantitative estimate of drug-likeness (QED) is 0.789. The molecular formula is C20H24N2O4. The summed E-state index contributed by atoms with van der Waals surface area (Å²) in [6.45, 7) is 5.00. The monoisotopic (exact) mass is 356 g/mol. The Morgan fingerprint density at radius 2 is 1.77 bits per heavy atom. The molecule has 0 radical (unpaired) electrons. The summed E-state index contributed by atoms with van der Waals surface area (Å²) >= 11 is 0. The number of rotatable bonds is 6. The van der Waals surface area contributed by atoms with Crippen LogP contribution >= 0.6 is 0 Å². The van der Waals surface area contributed by atoms with Crippen LogP contribution in [0, 0.1) is 5.92 Å². The van der Waals surface area contributed by atoms with Crippen molar-refractivity contribution in [2.24, 2.45) is 5.92 Å². The maximum Gasteiger partial charge on any atom is 0.355 e. The normalized spacial score (nSPS) is 13.7. The third kappa shape index (κ3) is 4.33. The highest BCUT2D eigenvalue weighted by Crippen LogP contribution is 2.32. The molecule has 1 aromatic rings. The third-order valence-electron chi connectivity index (χ3n) is 3.75. The summed E-state index contributed by atoms with van der Waals surface area (Å²) in [5.74, 6) is -0.783. The number of benzene rings is 1. The van der Waals surface area contributed by atoms with Crippen molar-refractivity contribution in [1.29, 1.82) is 0 Å². The first-order chi connectivity index (χ1) is 12.5. The molecule has 1 aliphatic rings. The van der Waals surface area contributed by atoms with Crippen molar-refractivity contribution in [3.05, 3.63) is 60.0 Å². The minimum atomic E-state index is -0.625. The molecule has 0 aromatic heterocycles. The lowest BCUT2D eigenvalue weighted by Gasteiger charge is -2.26. The average Bonchev–Trinajstić information content (AvgIpc) is 2.88. The summed E-state index contributed by atoms with van der Waals surface area (Å²) in [7, 11) is 2.56. The molecule has 1 N–H and O–H groups in total. The lowest BCUT2D eigenvalue weighted by atomic mass is 10.1. The highest BCUT2D eigenvalue weighted by Gasteiger charge is 2.28. The Hall–Kier alpha value is -3.02. The molecule has 1 heterocycles. The number of carbonyl (C=O) groups excluding carboxylic acids is 2. The number of hydrogen-bond acceptors (Lipinski definition) is 6. The standard InChI is InChI=1S/C20H24N2O4/c1-14(2)13-21-16-10-5-6-11-17(16)22-12-8-7-9-15(19(23)25-3)18(22)20(24)26-4/h5-12,14,21H,13H2,1-4H3. The van der Waals surface area contributed by atoms with Gasteiger partial charge in [-0.15, -0.1) is 0 Å². The second-order valence-electron chi connectivity index (χ2n) is 6.11. The van der Waals surface area contributed by atoms with E-state index in [9.17, 15) is 9.59 Å². The fraction of sp³-hybridized carbons (Fsp3) is 0.300. The predicted molar refractivity (Wildman–Crippen MR) is 102 cm³/mol. The van der Waals surface area contributed by atoms with Gasteiger partial charge in [-0.25, -0.2) is 9.59 Å². The van der Waals surface area contributed by atoms with Crippen LogP contribution in [0.4, 0.5) is 11.4 Å². The molecule has 6 nitrogen and oxygen atoms in total. The number of allylic oxidation sites excluding steroid dienone is 2. The number of carbonyl (C=O) groups is 2. The molecule has 2 rings (SSSR count). The largest absolute Gasteiger partial charge is 0.465 e. The predicted octanol–water partition coefficient (Wildman–Crippen LogP) is 3.24. The molecule has 1 aliphatic heterocycles. The number of ether oxygens (including phenoxy) is 2. The van der Waals surface area contributed by atoms with Gasteiger partial charge in [0.2, 0.25) is 0 Å². The lowest BCUT2D eigenvalue weighted by molar-refractivity contribution is -0.139. The van der Waals surface area contributed by atoms with Crippen molar-refractivity contribution < 1.29 is 19.1 Å². The van der Waals surface area contributed by atoms with Crippen LogP contribution in [0.2, 0.25) is 0 Å². The molecule has 0 unspecified atom stereocenters. The van der Waals surface area contributed by atoms with E-state index in [1.165, 1.54) is 14.2 Å². The van der Waals surface area contributed by atoms with Gasteiger partial charge in [-0.2, -0.15) is 0 Å². The molecule has 6 heteroatoms. The number of esters is 2. The van der Waals surface area contributed by atoms with Crippen LogP contribution in [0.3, 0.4) is 0 Å². The van der Waals surface area contributed by atoms with Gasteiger partial charge in [0.15, 0.2) is 0 Å². The van der Waals surface area contributed by atoms with Crippen LogP contribution in [-0.4, -0.2) is 32.7 Å². The van der Waals surface area contributed by atoms with Gasteiger partial charge in [-0.1, -0.05) is 32.1 Å². The van der Waals surface area contributed by atoms with E-state index < -0.39 is 11.9 Å². The fourth-order valence-corrected chi connectivity index (χ4v) is 2.50. The minimum Gasteiger partial charge on any atom is -0.465 e. The van der Waals surface area contributed by atoms with E-state index >= 15 is 0 Å². The Balaban J connectivity index is 2.59. The Bertz CT molecular complexity index is 763. The number of anilines is 2. The van der Waals surface area contributed by atoms with E-state index in [-0.39, 0.29) is 11.3 Å². The Morgan fingerprint density at radius 3 is 2.42 bits per heavy atom. The first-order valence-corrected chi connectivity index (χ1v) is 8.37. The molecule has 1 aromatic carbocycles. The highest BCUT2D eigenvalue weighted by atomic mass is 16.5. The van der Waals surface area contributed by atoms with Crippen LogP contribution in [-0.2, 0) is 19.1 Å². The van der Waals surface area contributed by atoms with E-state index in [1.807, 2.05) is 24.3 Å². The first-order valence-electron chi connectivity index (χ1n) is 8.37. The van der Waals surface area contributed by atoms with Crippen molar-refractivity contribution in [3.8, 4) is 0 Å². The van der Waals surface area contributed by atoms with Crippen LogP contribution in [0.15, 0.2) is 60.0 Å². The number of hydrogen-bond donors (Lipinski definition) is 1. The van der Waals surface area contributed by atoms with Crippen molar-refractivity contribution in [2.45, 2.75) is 13.8 Å². The smallest absolute Gasteiger partial charge is 0.355 e. The van der Waals surface area contributed by atoms with Gasteiger partial charge in [0.1, 0.15) is 5.70 Å². The van der Waals surface area contributed by atoms with Crippen LogP contribution in [0.5, 0.6) is 0 Å². The van der Waals surface area contributed by atoms with Gasteiger partial charge in [0.25, 0.3) is 0 Å². The van der Waals surface area contributed by atoms with Crippen molar-refractivity contribution in [2.75, 3.05) is 31.0 Å². The Kier molecular flexibility index (Phi) is 6.60. The first kappa shape index (κ1) is 19.3. The van der Waals surface area contributed by atoms with E-state index in [1.54, 1.807) is 29.3 Å². The Morgan fingerprint density at radius 1 is 1.08 bits per heavy atom. The van der Waals surface area contributed by atoms with Gasteiger partial charge in [0.05, 0.1) is 31.2 Å². The zero-order chi connectivity index (χ0) is 19.1. The van der Waals surface area contributed by atoms with Crippen molar-refractivity contribution >= 4 is 23.3 Å². The molecule has 0 saturated carbocycles. The number of nitrogens with zero attached hydrogens (tertiary/aromatic N) is 1. The van der Waals surface area contributed by atoms with Gasteiger partial charge in [-0.05, 0) is 30.2 Å². The second-order valence-corrected chi connectivity index (χ2v) is 6.11. The SMILES string of the molecule is COC(=O)C1=C(C(=O)OC)N(c2ccccc2NCC(C)C)C=CC=C1. The fourth-order valence-electron chi connectivity index (χ4n) is 2.50. The average molecular weight is 356 g/mol. The molecule has 0 atom stereocenters. The third-order valence-corrected chi connectivity index (χ3v) is 3.75. The maximum absolute atomic E-state index is 12.5. The van der Waals surface area contributed by atoms with Crippen LogP contribution in [0.25, 0.3) is 0 Å². The summed E-state index contributed by atoms with van der Waals surface area (Å²) in [5, 5.41) is 3.38. The van der Waals surface area contributed by atoms with Gasteiger partial charge in [-0.3, -0.25) is 0 Å². The molecule has 0 amide bonds. The summed E-state index contributed by atoms with van der Waals surface area (Å²) in [6, 6.07) is 7.58. The van der Waals surface area contributed by atoms with Gasteiger partial charge in [0, 0.05) is 12.7 Å². The molecule has 138 valence electrons. The summed E-state index contributed by atoms with van der Waals surface area (Å²) in [6.07, 6.45) is 6.69. The van der Waals surface area contributed by atoms with E-state index in [4.69, 9.17) is 9.47 Å². The maximum atomic E-state index is 12.5. The van der Waals surface area contributed by atoms with Crippen LogP contribution in [0.1, 0.15) is 13.8 Å². The highest BCUT2D eigenvalue weighted by molar-refractivity contribution is 6.06. The van der Waals surface area contributed by atoms with Crippen LogP contribution < -0.4 is 10.2 Å². The molecule has 0 spiro atoms. The minimum absolute atomic E-state index is 0.100. The summed E-state index contributed by atoms with van der Waals surface area (Å²) < 4.78 is 9.76.